The Morgan fingerprint density at radius 3 is 3.00 bits per heavy atom. The van der Waals surface area contributed by atoms with Crippen molar-refractivity contribution in [2.75, 3.05) is 0 Å². The minimum Gasteiger partial charge on any atom is -0.273 e. The van der Waals surface area contributed by atoms with Gasteiger partial charge in [-0.25, -0.2) is 5.43 Å². The Kier molecular flexibility index (Phi) is 3.52. The Balaban J connectivity index is 1.56. The molecule has 0 unspecified atom stereocenters. The molecule has 1 aromatic heterocycles. The molecule has 0 aromatic carbocycles. The minimum atomic E-state index is -0.434. The summed E-state index contributed by atoms with van der Waals surface area (Å²) in [7, 11) is 0. The van der Waals surface area contributed by atoms with Gasteiger partial charge in [-0.2, -0.15) is 5.10 Å². The molecule has 2 saturated carbocycles. The Bertz CT molecular complexity index is 612. The number of amides is 1. The number of hydrazone groups is 1. The molecule has 0 aliphatic heterocycles. The first-order valence-corrected chi connectivity index (χ1v) is 7.91. The predicted octanol–water partition coefficient (Wildman–Crippen LogP) is 2.93. The van der Waals surface area contributed by atoms with Gasteiger partial charge < -0.3 is 0 Å². The van der Waals surface area contributed by atoms with Crippen LogP contribution in [0.2, 0.25) is 0 Å². The number of hydrogen-bond donors (Lipinski definition) is 1. The third-order valence-electron chi connectivity index (χ3n) is 4.77. The van der Waals surface area contributed by atoms with E-state index in [1.165, 1.54) is 25.1 Å². The molecule has 1 amide bonds. The summed E-state index contributed by atoms with van der Waals surface area (Å²) in [5.74, 6) is 0.561. The molecule has 0 saturated heterocycles. The lowest BCUT2D eigenvalue weighted by Gasteiger charge is -2.15. The highest BCUT2D eigenvalue weighted by Gasteiger charge is 2.64. The molecule has 2 fully saturated rings. The van der Waals surface area contributed by atoms with Gasteiger partial charge in [-0.15, -0.1) is 0 Å². The molecule has 7 heteroatoms. The molecule has 21 heavy (non-hydrogen) atoms. The maximum atomic E-state index is 12.2. The smallest absolute Gasteiger partial charge is 0.273 e. The second kappa shape index (κ2) is 5.22. The number of hydrogen-bond acceptors (Lipinski definition) is 5. The van der Waals surface area contributed by atoms with Gasteiger partial charge in [0.05, 0.1) is 16.0 Å². The molecule has 0 bridgehead atoms. The molecule has 1 heterocycles. The number of nitro groups is 1. The zero-order valence-corrected chi connectivity index (χ0v) is 12.6. The highest BCUT2D eigenvalue weighted by Crippen LogP contribution is 2.66. The average Bonchev–Trinajstić information content (AvgIpc) is 2.80. The van der Waals surface area contributed by atoms with E-state index in [0.29, 0.717) is 10.8 Å². The lowest BCUT2D eigenvalue weighted by molar-refractivity contribution is -0.380. The van der Waals surface area contributed by atoms with Gasteiger partial charge in [0.1, 0.15) is 0 Å². The molecule has 112 valence electrons. The topological polar surface area (TPSA) is 84.6 Å². The van der Waals surface area contributed by atoms with Gasteiger partial charge in [0.2, 0.25) is 5.91 Å². The summed E-state index contributed by atoms with van der Waals surface area (Å²) in [6, 6.07) is 3.06. The van der Waals surface area contributed by atoms with Gasteiger partial charge in [0, 0.05) is 12.0 Å². The van der Waals surface area contributed by atoms with Crippen LogP contribution >= 0.6 is 11.3 Å². The van der Waals surface area contributed by atoms with Crippen LogP contribution < -0.4 is 5.43 Å². The van der Waals surface area contributed by atoms with Gasteiger partial charge in [-0.3, -0.25) is 14.9 Å². The third-order valence-corrected chi connectivity index (χ3v) is 5.74. The number of nitrogens with one attached hydrogen (secondary N) is 1. The van der Waals surface area contributed by atoms with E-state index < -0.39 is 4.92 Å². The normalized spacial score (nSPS) is 30.9. The van der Waals surface area contributed by atoms with E-state index in [2.05, 4.69) is 17.5 Å². The summed E-state index contributed by atoms with van der Waals surface area (Å²) in [6.45, 7) is 2.19. The van der Waals surface area contributed by atoms with E-state index >= 15 is 0 Å². The van der Waals surface area contributed by atoms with Crippen LogP contribution in [0, 0.1) is 27.4 Å². The van der Waals surface area contributed by atoms with Gasteiger partial charge >= 0.3 is 5.00 Å². The maximum absolute atomic E-state index is 12.2. The lowest BCUT2D eigenvalue weighted by Crippen LogP contribution is -2.22. The molecule has 0 radical (unpaired) electrons. The number of fused-ring (bicyclic) bond motifs is 1. The number of rotatable bonds is 4. The van der Waals surface area contributed by atoms with E-state index in [9.17, 15) is 14.9 Å². The molecule has 3 atom stereocenters. The van der Waals surface area contributed by atoms with Crippen molar-refractivity contribution >= 4 is 28.5 Å². The third kappa shape index (κ3) is 2.57. The standard InChI is InChI=1S/C14H17N3O3S/c1-14-7-3-2-4-10(14)12(14)13(18)16-15-8-9-5-6-11(21-9)17(19)20/h5-6,8,10,12H,2-4,7H2,1H3,(H,16,18)/b15-8-/t10-,12+,14+/m1/s1. The number of carbonyl (C=O) groups excluding carboxylic acids is 1. The van der Waals surface area contributed by atoms with Crippen molar-refractivity contribution in [1.82, 2.24) is 5.43 Å². The summed E-state index contributed by atoms with van der Waals surface area (Å²) in [5.41, 5.74) is 2.75. The summed E-state index contributed by atoms with van der Waals surface area (Å²) < 4.78 is 0. The Hall–Kier alpha value is -1.76. The van der Waals surface area contributed by atoms with E-state index in [1.54, 1.807) is 6.07 Å². The number of nitrogens with zero attached hydrogens (tertiary/aromatic N) is 2. The van der Waals surface area contributed by atoms with Crippen LogP contribution in [0.3, 0.4) is 0 Å². The maximum Gasteiger partial charge on any atom is 0.324 e. The second-order valence-corrected chi connectivity index (χ2v) is 7.10. The van der Waals surface area contributed by atoms with Crippen molar-refractivity contribution in [3.63, 3.8) is 0 Å². The Morgan fingerprint density at radius 1 is 1.57 bits per heavy atom. The van der Waals surface area contributed by atoms with Gasteiger partial charge in [0.15, 0.2) is 0 Å². The highest BCUT2D eigenvalue weighted by atomic mass is 32.1. The predicted molar refractivity (Wildman–Crippen MR) is 80.3 cm³/mol. The highest BCUT2D eigenvalue weighted by molar-refractivity contribution is 7.16. The van der Waals surface area contributed by atoms with Crippen LogP contribution in [-0.4, -0.2) is 17.0 Å². The van der Waals surface area contributed by atoms with E-state index in [-0.39, 0.29) is 22.2 Å². The molecular formula is C14H17N3O3S. The first kappa shape index (κ1) is 14.2. The zero-order valence-electron chi connectivity index (χ0n) is 11.7. The second-order valence-electron chi connectivity index (χ2n) is 6.00. The Labute approximate surface area is 126 Å². The van der Waals surface area contributed by atoms with Crippen LogP contribution in [0.5, 0.6) is 0 Å². The number of thiophene rings is 1. The average molecular weight is 307 g/mol. The molecule has 0 spiro atoms. The first-order chi connectivity index (χ1) is 10.0. The van der Waals surface area contributed by atoms with Crippen molar-refractivity contribution in [3.8, 4) is 0 Å². The first-order valence-electron chi connectivity index (χ1n) is 7.09. The summed E-state index contributed by atoms with van der Waals surface area (Å²) in [4.78, 5) is 22.9. The molecule has 2 aliphatic carbocycles. The van der Waals surface area contributed by atoms with Crippen LogP contribution in [0.15, 0.2) is 17.2 Å². The summed E-state index contributed by atoms with van der Waals surface area (Å²) in [5, 5.41) is 14.6. The van der Waals surface area contributed by atoms with Crippen LogP contribution in [0.4, 0.5) is 5.00 Å². The van der Waals surface area contributed by atoms with Crippen molar-refractivity contribution in [3.05, 3.63) is 27.1 Å². The quantitative estimate of drug-likeness (QED) is 0.527. The zero-order chi connectivity index (χ0) is 15.0. The summed E-state index contributed by atoms with van der Waals surface area (Å²) >= 11 is 1.04. The molecule has 3 rings (SSSR count). The van der Waals surface area contributed by atoms with Crippen LogP contribution in [-0.2, 0) is 4.79 Å². The van der Waals surface area contributed by atoms with E-state index in [1.807, 2.05) is 0 Å². The van der Waals surface area contributed by atoms with Crippen molar-refractivity contribution in [1.29, 1.82) is 0 Å². The van der Waals surface area contributed by atoms with Crippen molar-refractivity contribution < 1.29 is 9.72 Å². The molecule has 1 N–H and O–H groups in total. The van der Waals surface area contributed by atoms with Crippen molar-refractivity contribution in [2.24, 2.45) is 22.4 Å². The number of carbonyl (C=O) groups is 1. The molecular weight excluding hydrogens is 290 g/mol. The van der Waals surface area contributed by atoms with Crippen molar-refractivity contribution in [2.45, 2.75) is 32.6 Å². The van der Waals surface area contributed by atoms with Crippen LogP contribution in [0.1, 0.15) is 37.5 Å². The SMILES string of the molecule is C[C@]12CCCC[C@@H]1[C@H]2C(=O)N/N=C\c1ccc([N+](=O)[O-])s1. The summed E-state index contributed by atoms with van der Waals surface area (Å²) in [6.07, 6.45) is 6.14. The van der Waals surface area contributed by atoms with Gasteiger partial charge in [0.25, 0.3) is 0 Å². The van der Waals surface area contributed by atoms with Gasteiger partial charge in [-0.1, -0.05) is 31.1 Å². The molecule has 2 aliphatic rings. The minimum absolute atomic E-state index is 0.0216. The fourth-order valence-electron chi connectivity index (χ4n) is 3.59. The van der Waals surface area contributed by atoms with Gasteiger partial charge in [-0.05, 0) is 30.2 Å². The van der Waals surface area contributed by atoms with Crippen LogP contribution in [0.25, 0.3) is 0 Å². The Morgan fingerprint density at radius 2 is 2.38 bits per heavy atom. The lowest BCUT2D eigenvalue weighted by atomic mass is 9.90. The fourth-order valence-corrected chi connectivity index (χ4v) is 4.28. The van der Waals surface area contributed by atoms with E-state index in [0.717, 1.165) is 24.2 Å². The fraction of sp³-hybridized carbons (Fsp3) is 0.571. The molecule has 1 aromatic rings. The molecule has 6 nitrogen and oxygen atoms in total. The largest absolute Gasteiger partial charge is 0.324 e. The monoisotopic (exact) mass is 307 g/mol. The van der Waals surface area contributed by atoms with E-state index in [4.69, 9.17) is 0 Å².